The Morgan fingerprint density at radius 1 is 1.08 bits per heavy atom. The van der Waals surface area contributed by atoms with E-state index in [1.54, 1.807) is 0 Å². The van der Waals surface area contributed by atoms with Crippen molar-refractivity contribution in [3.05, 3.63) is 0 Å². The Morgan fingerprint density at radius 3 is 1.62 bits per heavy atom. The maximum atomic E-state index is 8.35. The highest BCUT2D eigenvalue weighted by Crippen LogP contribution is 1.79. The van der Waals surface area contributed by atoms with Crippen LogP contribution in [0.1, 0.15) is 6.92 Å². The standard InChI is InChI=1S/C4H10O3.C3H8O3/c1-4(6)7-3-2-5;4-1-3(6)2-5/h4-6H,2-3H2,1H3;3-6H,1-2H2. The van der Waals surface area contributed by atoms with Crippen molar-refractivity contribution in [1.82, 2.24) is 0 Å². The molecule has 0 aromatic rings. The zero-order chi connectivity index (χ0) is 10.7. The third kappa shape index (κ3) is 18.6. The molecule has 0 aromatic carbocycles. The van der Waals surface area contributed by atoms with Gasteiger partial charge >= 0.3 is 0 Å². The average Bonchev–Trinajstić information content (AvgIpc) is 2.14. The number of rotatable bonds is 5. The van der Waals surface area contributed by atoms with Crippen LogP contribution in [-0.2, 0) is 4.74 Å². The largest absolute Gasteiger partial charge is 0.394 e. The van der Waals surface area contributed by atoms with E-state index in [-0.39, 0.29) is 26.4 Å². The Hall–Kier alpha value is -0.240. The molecule has 0 aliphatic heterocycles. The van der Waals surface area contributed by atoms with E-state index in [0.29, 0.717) is 0 Å². The van der Waals surface area contributed by atoms with Crippen LogP contribution in [0.15, 0.2) is 0 Å². The highest BCUT2D eigenvalue weighted by Gasteiger charge is 1.93. The van der Waals surface area contributed by atoms with Crippen molar-refractivity contribution in [3.8, 4) is 0 Å². The smallest absolute Gasteiger partial charge is 0.151 e. The topological polar surface area (TPSA) is 110 Å². The number of aliphatic hydroxyl groups excluding tert-OH is 5. The second-order valence-electron chi connectivity index (χ2n) is 2.21. The van der Waals surface area contributed by atoms with Crippen molar-refractivity contribution in [3.63, 3.8) is 0 Å². The molecule has 0 aliphatic rings. The van der Waals surface area contributed by atoms with E-state index < -0.39 is 12.4 Å². The summed E-state index contributed by atoms with van der Waals surface area (Å²) >= 11 is 0. The first-order valence-electron chi connectivity index (χ1n) is 3.88. The monoisotopic (exact) mass is 198 g/mol. The van der Waals surface area contributed by atoms with Crippen LogP contribution in [0.4, 0.5) is 0 Å². The van der Waals surface area contributed by atoms with Gasteiger partial charge in [-0.3, -0.25) is 0 Å². The molecule has 0 aliphatic carbocycles. The summed E-state index contributed by atoms with van der Waals surface area (Å²) < 4.78 is 4.50. The zero-order valence-electron chi connectivity index (χ0n) is 7.63. The van der Waals surface area contributed by atoms with Crippen LogP contribution in [0.25, 0.3) is 0 Å². The van der Waals surface area contributed by atoms with E-state index >= 15 is 0 Å². The van der Waals surface area contributed by atoms with Gasteiger partial charge in [-0.25, -0.2) is 0 Å². The van der Waals surface area contributed by atoms with Crippen molar-refractivity contribution in [1.29, 1.82) is 0 Å². The lowest BCUT2D eigenvalue weighted by Crippen LogP contribution is -2.15. The second-order valence-corrected chi connectivity index (χ2v) is 2.21. The van der Waals surface area contributed by atoms with Crippen LogP contribution in [0.5, 0.6) is 0 Å². The quantitative estimate of drug-likeness (QED) is 0.317. The second kappa shape index (κ2) is 11.8. The number of ether oxygens (including phenoxy) is 1. The Kier molecular flexibility index (Phi) is 13.8. The Labute approximate surface area is 77.0 Å². The molecule has 6 nitrogen and oxygen atoms in total. The number of aliphatic hydroxyl groups is 5. The van der Waals surface area contributed by atoms with Gasteiger partial charge in [0.2, 0.25) is 0 Å². The first kappa shape index (κ1) is 15.2. The molecule has 0 fully saturated rings. The summed E-state index contributed by atoms with van der Waals surface area (Å²) in [5.74, 6) is 0. The predicted molar refractivity (Wildman–Crippen MR) is 44.9 cm³/mol. The van der Waals surface area contributed by atoms with E-state index in [1.807, 2.05) is 0 Å². The molecule has 0 heterocycles. The van der Waals surface area contributed by atoms with Crippen molar-refractivity contribution < 1.29 is 30.3 Å². The summed E-state index contributed by atoms with van der Waals surface area (Å²) in [5, 5.41) is 40.4. The predicted octanol–water partition coefficient (Wildman–Crippen LogP) is -2.33. The highest BCUT2D eigenvalue weighted by molar-refractivity contribution is 4.44. The molecule has 0 aromatic heterocycles. The van der Waals surface area contributed by atoms with E-state index in [9.17, 15) is 0 Å². The van der Waals surface area contributed by atoms with Crippen LogP contribution < -0.4 is 0 Å². The van der Waals surface area contributed by atoms with Crippen molar-refractivity contribution in [2.75, 3.05) is 26.4 Å². The van der Waals surface area contributed by atoms with Crippen LogP contribution in [0, 0.1) is 0 Å². The van der Waals surface area contributed by atoms with Crippen LogP contribution in [0.2, 0.25) is 0 Å². The summed E-state index contributed by atoms with van der Waals surface area (Å²) in [6.07, 6.45) is -1.71. The lowest BCUT2D eigenvalue weighted by molar-refractivity contribution is -0.0932. The maximum Gasteiger partial charge on any atom is 0.151 e. The first-order chi connectivity index (χ1) is 6.08. The van der Waals surface area contributed by atoms with E-state index in [1.165, 1.54) is 6.92 Å². The number of hydrogen-bond donors (Lipinski definition) is 5. The summed E-state index contributed by atoms with van der Waals surface area (Å²) in [4.78, 5) is 0. The first-order valence-corrected chi connectivity index (χ1v) is 3.88. The fourth-order valence-electron chi connectivity index (χ4n) is 0.281. The van der Waals surface area contributed by atoms with Crippen LogP contribution in [-0.4, -0.2) is 64.4 Å². The van der Waals surface area contributed by atoms with Gasteiger partial charge in [-0.05, 0) is 6.92 Å². The molecule has 0 radical (unpaired) electrons. The van der Waals surface area contributed by atoms with Crippen molar-refractivity contribution in [2.24, 2.45) is 0 Å². The fourth-order valence-corrected chi connectivity index (χ4v) is 0.281. The van der Waals surface area contributed by atoms with Crippen LogP contribution >= 0.6 is 0 Å². The molecule has 13 heavy (non-hydrogen) atoms. The minimum absolute atomic E-state index is 0.0368. The highest BCUT2D eigenvalue weighted by atomic mass is 16.6. The van der Waals surface area contributed by atoms with Gasteiger partial charge in [-0.1, -0.05) is 0 Å². The molecule has 1 atom stereocenters. The molecule has 82 valence electrons. The maximum absolute atomic E-state index is 8.35. The lowest BCUT2D eigenvalue weighted by Gasteiger charge is -2.01. The molecule has 5 N–H and O–H groups in total. The van der Waals surface area contributed by atoms with Gasteiger partial charge in [0.25, 0.3) is 0 Å². The molecule has 0 saturated carbocycles. The molecular formula is C7H18O6. The van der Waals surface area contributed by atoms with E-state index in [4.69, 9.17) is 25.5 Å². The van der Waals surface area contributed by atoms with Gasteiger partial charge in [-0.15, -0.1) is 0 Å². The zero-order valence-corrected chi connectivity index (χ0v) is 7.63. The third-order valence-corrected chi connectivity index (χ3v) is 0.872. The fraction of sp³-hybridized carbons (Fsp3) is 1.00. The van der Waals surface area contributed by atoms with Crippen LogP contribution in [0.3, 0.4) is 0 Å². The molecule has 1 unspecified atom stereocenters. The SMILES string of the molecule is CC(O)OCCO.OCC(O)CO. The van der Waals surface area contributed by atoms with E-state index in [2.05, 4.69) is 4.74 Å². The van der Waals surface area contributed by atoms with Gasteiger partial charge in [0.1, 0.15) is 6.10 Å². The average molecular weight is 198 g/mol. The minimum Gasteiger partial charge on any atom is -0.394 e. The molecule has 0 spiro atoms. The minimum atomic E-state index is -0.954. The molecule has 0 bridgehead atoms. The van der Waals surface area contributed by atoms with Crippen molar-refractivity contribution >= 4 is 0 Å². The molecule has 0 rings (SSSR count). The molecule has 0 amide bonds. The normalized spacial score (nSPS) is 12.2. The van der Waals surface area contributed by atoms with Gasteiger partial charge in [-0.2, -0.15) is 0 Å². The number of hydrogen-bond acceptors (Lipinski definition) is 6. The van der Waals surface area contributed by atoms with Gasteiger partial charge in [0, 0.05) is 0 Å². The Balaban J connectivity index is 0. The van der Waals surface area contributed by atoms with Gasteiger partial charge < -0.3 is 30.3 Å². The Bertz CT molecular complexity index is 83.1. The van der Waals surface area contributed by atoms with Gasteiger partial charge in [0.15, 0.2) is 6.29 Å². The Morgan fingerprint density at radius 2 is 1.54 bits per heavy atom. The molecule has 6 heteroatoms. The summed E-state index contributed by atoms with van der Waals surface area (Å²) in [7, 11) is 0. The van der Waals surface area contributed by atoms with Crippen molar-refractivity contribution in [2.45, 2.75) is 19.3 Å². The lowest BCUT2D eigenvalue weighted by atomic mass is 10.4. The summed E-state index contributed by atoms with van der Waals surface area (Å²) in [5.41, 5.74) is 0. The third-order valence-electron chi connectivity index (χ3n) is 0.872. The summed E-state index contributed by atoms with van der Waals surface area (Å²) in [6.45, 7) is 0.936. The molecular weight excluding hydrogens is 180 g/mol. The molecule has 0 saturated heterocycles. The summed E-state index contributed by atoms with van der Waals surface area (Å²) in [6, 6.07) is 0. The van der Waals surface area contributed by atoms with E-state index in [0.717, 1.165) is 0 Å². The van der Waals surface area contributed by atoms with Gasteiger partial charge in [0.05, 0.1) is 26.4 Å².